The second-order valence-electron chi connectivity index (χ2n) is 12.3. The van der Waals surface area contributed by atoms with E-state index in [1.807, 2.05) is 60.7 Å². The van der Waals surface area contributed by atoms with E-state index >= 15 is 0 Å². The normalized spacial score (nSPS) is 11.4. The molecule has 4 heteroatoms. The third-order valence-corrected chi connectivity index (χ3v) is 9.25. The highest BCUT2D eigenvalue weighted by atomic mass is 15.0. The average molecular weight is 627 g/mol. The van der Waals surface area contributed by atoms with Gasteiger partial charge in [0.05, 0.1) is 11.2 Å². The van der Waals surface area contributed by atoms with Crippen molar-refractivity contribution in [3.05, 3.63) is 169 Å². The van der Waals surface area contributed by atoms with E-state index < -0.39 is 0 Å². The van der Waals surface area contributed by atoms with Crippen LogP contribution in [0, 0.1) is 6.92 Å². The molecule has 0 saturated carbocycles. The van der Waals surface area contributed by atoms with Crippen molar-refractivity contribution in [3.63, 3.8) is 0 Å². The van der Waals surface area contributed by atoms with Gasteiger partial charge in [-0.3, -0.25) is 0 Å². The first-order valence-corrected chi connectivity index (χ1v) is 16.5. The minimum Gasteiger partial charge on any atom is -0.247 e. The van der Waals surface area contributed by atoms with E-state index in [1.165, 1.54) is 27.1 Å². The standard InChI is InChI=1S/C45H30N4/c1-29-11-10-18-38-40-37-17-9-8-12-32(37)27-28-39(40)42(46-41(29)38)33-23-19-30(20-24-33)31-21-25-36(26-22-31)45-48-43(34-13-4-2-5-14-34)47-44(49-45)35-15-6-3-7-16-35/h2-28H,1H3. The summed E-state index contributed by atoms with van der Waals surface area (Å²) in [6.45, 7) is 2.14. The van der Waals surface area contributed by atoms with E-state index in [1.54, 1.807) is 0 Å². The lowest BCUT2D eigenvalue weighted by Gasteiger charge is -2.14. The number of pyridine rings is 1. The van der Waals surface area contributed by atoms with E-state index in [4.69, 9.17) is 19.9 Å². The summed E-state index contributed by atoms with van der Waals surface area (Å²) in [5.74, 6) is 1.95. The van der Waals surface area contributed by atoms with Gasteiger partial charge in [-0.15, -0.1) is 0 Å². The fourth-order valence-corrected chi connectivity index (χ4v) is 6.73. The van der Waals surface area contributed by atoms with Crippen molar-refractivity contribution in [2.75, 3.05) is 0 Å². The van der Waals surface area contributed by atoms with Crippen molar-refractivity contribution in [1.29, 1.82) is 0 Å². The molecule has 0 spiro atoms. The van der Waals surface area contributed by atoms with Gasteiger partial charge in [0.1, 0.15) is 0 Å². The quantitative estimate of drug-likeness (QED) is 0.178. The molecule has 0 unspecified atom stereocenters. The average Bonchev–Trinajstić information content (AvgIpc) is 3.18. The van der Waals surface area contributed by atoms with Gasteiger partial charge in [0, 0.05) is 38.4 Å². The van der Waals surface area contributed by atoms with Crippen LogP contribution in [0.5, 0.6) is 0 Å². The summed E-state index contributed by atoms with van der Waals surface area (Å²) in [7, 11) is 0. The lowest BCUT2D eigenvalue weighted by Crippen LogP contribution is -2.00. The Kier molecular flexibility index (Phi) is 6.98. The van der Waals surface area contributed by atoms with Crippen LogP contribution in [0.15, 0.2) is 164 Å². The molecule has 7 aromatic carbocycles. The molecule has 230 valence electrons. The summed E-state index contributed by atoms with van der Waals surface area (Å²) >= 11 is 0. The Balaban J connectivity index is 1.09. The number of hydrogen-bond acceptors (Lipinski definition) is 4. The van der Waals surface area contributed by atoms with Gasteiger partial charge in [0.25, 0.3) is 0 Å². The van der Waals surface area contributed by atoms with Crippen LogP contribution in [0.4, 0.5) is 0 Å². The largest absolute Gasteiger partial charge is 0.247 e. The number of benzene rings is 7. The second-order valence-corrected chi connectivity index (χ2v) is 12.3. The zero-order valence-electron chi connectivity index (χ0n) is 26.9. The number of para-hydroxylation sites is 1. The summed E-state index contributed by atoms with van der Waals surface area (Å²) in [6, 6.07) is 56.8. The second kappa shape index (κ2) is 11.9. The van der Waals surface area contributed by atoms with Crippen molar-refractivity contribution in [2.24, 2.45) is 0 Å². The van der Waals surface area contributed by atoms with E-state index in [9.17, 15) is 0 Å². The Morgan fingerprint density at radius 2 is 0.816 bits per heavy atom. The molecule has 2 aromatic heterocycles. The van der Waals surface area contributed by atoms with Crippen molar-refractivity contribution >= 4 is 32.4 Å². The lowest BCUT2D eigenvalue weighted by molar-refractivity contribution is 1.07. The molecule has 0 saturated heterocycles. The minimum atomic E-state index is 0.645. The molecule has 9 aromatic rings. The molecule has 4 nitrogen and oxygen atoms in total. The van der Waals surface area contributed by atoms with Gasteiger partial charge in [-0.05, 0) is 34.4 Å². The Labute approximate surface area is 284 Å². The molecule has 0 radical (unpaired) electrons. The first-order valence-electron chi connectivity index (χ1n) is 16.5. The van der Waals surface area contributed by atoms with Crippen molar-refractivity contribution < 1.29 is 0 Å². The minimum absolute atomic E-state index is 0.645. The van der Waals surface area contributed by atoms with Gasteiger partial charge in [0.2, 0.25) is 0 Å². The highest BCUT2D eigenvalue weighted by Gasteiger charge is 2.15. The number of nitrogens with zero attached hydrogens (tertiary/aromatic N) is 4. The molecule has 0 aliphatic heterocycles. The third-order valence-electron chi connectivity index (χ3n) is 9.25. The number of rotatable bonds is 5. The van der Waals surface area contributed by atoms with Crippen molar-refractivity contribution in [1.82, 2.24) is 19.9 Å². The van der Waals surface area contributed by atoms with Gasteiger partial charge >= 0.3 is 0 Å². The predicted octanol–water partition coefficient (Wildman–Crippen LogP) is 11.4. The van der Waals surface area contributed by atoms with Crippen LogP contribution in [-0.4, -0.2) is 19.9 Å². The molecule has 49 heavy (non-hydrogen) atoms. The zero-order chi connectivity index (χ0) is 32.7. The van der Waals surface area contributed by atoms with Crippen LogP contribution in [-0.2, 0) is 0 Å². The third kappa shape index (κ3) is 5.20. The predicted molar refractivity (Wildman–Crippen MR) is 202 cm³/mol. The first kappa shape index (κ1) is 28.7. The van der Waals surface area contributed by atoms with Gasteiger partial charge in [0.15, 0.2) is 17.5 Å². The maximum atomic E-state index is 5.27. The van der Waals surface area contributed by atoms with E-state index in [0.717, 1.165) is 50.0 Å². The molecule has 0 amide bonds. The van der Waals surface area contributed by atoms with Gasteiger partial charge < -0.3 is 0 Å². The lowest BCUT2D eigenvalue weighted by atomic mass is 9.93. The molecule has 0 N–H and O–H groups in total. The Bertz CT molecular complexity index is 2570. The molecule has 0 aliphatic rings. The number of hydrogen-bond donors (Lipinski definition) is 0. The SMILES string of the molecule is Cc1cccc2c1nc(-c1ccc(-c3ccc(-c4nc(-c5ccccc5)nc(-c5ccccc5)n4)cc3)cc1)c1ccc3ccccc3c12. The summed E-state index contributed by atoms with van der Waals surface area (Å²) < 4.78 is 0. The van der Waals surface area contributed by atoms with Gasteiger partial charge in [-0.1, -0.05) is 164 Å². The maximum Gasteiger partial charge on any atom is 0.164 e. The summed E-state index contributed by atoms with van der Waals surface area (Å²) in [4.78, 5) is 19.9. The van der Waals surface area contributed by atoms with Crippen LogP contribution in [0.1, 0.15) is 5.56 Å². The molecular formula is C45H30N4. The molecule has 0 fully saturated rings. The molecular weight excluding hydrogens is 597 g/mol. The molecule has 0 bridgehead atoms. The zero-order valence-corrected chi connectivity index (χ0v) is 26.9. The Morgan fingerprint density at radius 3 is 1.43 bits per heavy atom. The van der Waals surface area contributed by atoms with Gasteiger partial charge in [-0.2, -0.15) is 0 Å². The number of aromatic nitrogens is 4. The van der Waals surface area contributed by atoms with Crippen LogP contribution in [0.2, 0.25) is 0 Å². The topological polar surface area (TPSA) is 51.6 Å². The van der Waals surface area contributed by atoms with Crippen LogP contribution in [0.3, 0.4) is 0 Å². The Morgan fingerprint density at radius 1 is 0.327 bits per heavy atom. The molecule has 2 heterocycles. The number of fused-ring (bicyclic) bond motifs is 5. The van der Waals surface area contributed by atoms with Crippen molar-refractivity contribution in [2.45, 2.75) is 6.92 Å². The highest BCUT2D eigenvalue weighted by molar-refractivity contribution is 6.22. The fourth-order valence-electron chi connectivity index (χ4n) is 6.73. The monoisotopic (exact) mass is 626 g/mol. The maximum absolute atomic E-state index is 5.27. The highest BCUT2D eigenvalue weighted by Crippen LogP contribution is 2.38. The molecule has 9 rings (SSSR count). The molecule has 0 aliphatic carbocycles. The Hall–Kier alpha value is -6.52. The van der Waals surface area contributed by atoms with Crippen LogP contribution in [0.25, 0.3) is 89.0 Å². The first-order chi connectivity index (χ1) is 24.2. The smallest absolute Gasteiger partial charge is 0.164 e. The summed E-state index contributed by atoms with van der Waals surface area (Å²) in [6.07, 6.45) is 0. The molecule has 0 atom stereocenters. The van der Waals surface area contributed by atoms with Crippen LogP contribution < -0.4 is 0 Å². The fraction of sp³-hybridized carbons (Fsp3) is 0.0222. The van der Waals surface area contributed by atoms with Crippen LogP contribution >= 0.6 is 0 Å². The summed E-state index contributed by atoms with van der Waals surface area (Å²) in [5.41, 5.74) is 9.42. The van der Waals surface area contributed by atoms with E-state index in [-0.39, 0.29) is 0 Å². The van der Waals surface area contributed by atoms with E-state index in [0.29, 0.717) is 17.5 Å². The van der Waals surface area contributed by atoms with Gasteiger partial charge in [-0.25, -0.2) is 19.9 Å². The van der Waals surface area contributed by atoms with E-state index in [2.05, 4.69) is 110 Å². The summed E-state index contributed by atoms with van der Waals surface area (Å²) in [5, 5.41) is 6.10. The number of aryl methyl sites for hydroxylation is 1. The van der Waals surface area contributed by atoms with Crippen molar-refractivity contribution in [3.8, 4) is 56.5 Å².